The highest BCUT2D eigenvalue weighted by molar-refractivity contribution is 5.76. The normalized spacial score (nSPS) is 18.1. The van der Waals surface area contributed by atoms with Crippen molar-refractivity contribution in [1.29, 1.82) is 0 Å². The molecule has 0 bridgehead atoms. The lowest BCUT2D eigenvalue weighted by atomic mass is 9.91. The summed E-state index contributed by atoms with van der Waals surface area (Å²) in [7, 11) is 1.92. The van der Waals surface area contributed by atoms with Gasteiger partial charge in [-0.05, 0) is 49.3 Å². The Morgan fingerprint density at radius 2 is 2.26 bits per heavy atom. The van der Waals surface area contributed by atoms with Gasteiger partial charge in [-0.15, -0.1) is 0 Å². The quantitative estimate of drug-likeness (QED) is 0.851. The van der Waals surface area contributed by atoms with Crippen LogP contribution in [0.2, 0.25) is 0 Å². The van der Waals surface area contributed by atoms with Crippen LogP contribution >= 0.6 is 0 Å². The smallest absolute Gasteiger partial charge is 0.222 e. The van der Waals surface area contributed by atoms with Gasteiger partial charge in [-0.25, -0.2) is 0 Å². The van der Waals surface area contributed by atoms with Crippen LogP contribution in [-0.2, 0) is 24.7 Å². The second-order valence-electron chi connectivity index (χ2n) is 6.36. The van der Waals surface area contributed by atoms with Gasteiger partial charge in [0, 0.05) is 50.8 Å². The Labute approximate surface area is 137 Å². The van der Waals surface area contributed by atoms with Crippen LogP contribution in [0.1, 0.15) is 30.5 Å². The van der Waals surface area contributed by atoms with E-state index >= 15 is 0 Å². The fourth-order valence-corrected chi connectivity index (χ4v) is 3.35. The Bertz CT molecular complexity index is 637. The molecule has 1 amide bonds. The molecule has 0 aliphatic carbocycles. The van der Waals surface area contributed by atoms with Gasteiger partial charge in [0.05, 0.1) is 0 Å². The predicted octanol–water partition coefficient (Wildman–Crippen LogP) is 2.23. The molecule has 0 saturated carbocycles. The molecule has 1 aliphatic heterocycles. The minimum absolute atomic E-state index is 0.266. The van der Waals surface area contributed by atoms with Crippen molar-refractivity contribution in [2.75, 3.05) is 13.1 Å². The third kappa shape index (κ3) is 4.18. The first-order valence-corrected chi connectivity index (χ1v) is 8.36. The van der Waals surface area contributed by atoms with E-state index in [4.69, 9.17) is 0 Å². The van der Waals surface area contributed by atoms with Crippen LogP contribution in [0.4, 0.5) is 0 Å². The number of carbonyl (C=O) groups excluding carboxylic acids is 1. The van der Waals surface area contributed by atoms with Gasteiger partial charge in [0.1, 0.15) is 0 Å². The molecular weight excluding hydrogens is 288 g/mol. The van der Waals surface area contributed by atoms with Crippen molar-refractivity contribution in [3.05, 3.63) is 48.0 Å². The fraction of sp³-hybridized carbons (Fsp3) is 0.500. The number of aromatic nitrogens is 3. The summed E-state index contributed by atoms with van der Waals surface area (Å²) in [4.78, 5) is 18.7. The molecule has 1 aliphatic rings. The van der Waals surface area contributed by atoms with E-state index in [1.807, 2.05) is 35.0 Å². The molecule has 23 heavy (non-hydrogen) atoms. The number of aryl methyl sites for hydroxylation is 2. The highest BCUT2D eigenvalue weighted by Gasteiger charge is 2.23. The highest BCUT2D eigenvalue weighted by atomic mass is 16.2. The van der Waals surface area contributed by atoms with Crippen LogP contribution in [0.5, 0.6) is 0 Å². The molecule has 1 saturated heterocycles. The summed E-state index contributed by atoms with van der Waals surface area (Å²) in [6, 6.07) is 6.08. The molecule has 0 spiro atoms. The van der Waals surface area contributed by atoms with Gasteiger partial charge < -0.3 is 4.90 Å². The number of hydrogen-bond acceptors (Lipinski definition) is 3. The molecule has 3 rings (SSSR count). The van der Waals surface area contributed by atoms with Crippen molar-refractivity contribution < 1.29 is 4.79 Å². The van der Waals surface area contributed by atoms with Gasteiger partial charge in [-0.3, -0.25) is 14.5 Å². The second-order valence-corrected chi connectivity index (χ2v) is 6.36. The molecular formula is C18H24N4O. The predicted molar refractivity (Wildman–Crippen MR) is 88.8 cm³/mol. The van der Waals surface area contributed by atoms with Crippen molar-refractivity contribution >= 4 is 5.91 Å². The Kier molecular flexibility index (Phi) is 5.05. The summed E-state index contributed by atoms with van der Waals surface area (Å²) in [5.41, 5.74) is 2.38. The molecule has 0 unspecified atom stereocenters. The van der Waals surface area contributed by atoms with Crippen LogP contribution in [0.3, 0.4) is 0 Å². The van der Waals surface area contributed by atoms with Crippen molar-refractivity contribution in [1.82, 2.24) is 19.7 Å². The van der Waals surface area contributed by atoms with Gasteiger partial charge in [0.2, 0.25) is 5.91 Å². The molecule has 2 aromatic heterocycles. The van der Waals surface area contributed by atoms with Crippen molar-refractivity contribution in [2.24, 2.45) is 13.0 Å². The minimum Gasteiger partial charge on any atom is -0.342 e. The summed E-state index contributed by atoms with van der Waals surface area (Å²) < 4.78 is 1.84. The Morgan fingerprint density at radius 3 is 3.00 bits per heavy atom. The average Bonchev–Trinajstić information content (AvgIpc) is 2.99. The van der Waals surface area contributed by atoms with E-state index in [-0.39, 0.29) is 5.91 Å². The summed E-state index contributed by atoms with van der Waals surface area (Å²) in [5, 5.41) is 4.15. The maximum absolute atomic E-state index is 12.5. The van der Waals surface area contributed by atoms with E-state index in [9.17, 15) is 4.79 Å². The molecule has 2 aromatic rings. The largest absolute Gasteiger partial charge is 0.342 e. The summed E-state index contributed by atoms with van der Waals surface area (Å²) >= 11 is 0. The summed E-state index contributed by atoms with van der Waals surface area (Å²) in [6.07, 6.45) is 10.2. The number of hydrogen-bond donors (Lipinski definition) is 0. The van der Waals surface area contributed by atoms with Gasteiger partial charge in [0.15, 0.2) is 0 Å². The molecule has 0 radical (unpaired) electrons. The van der Waals surface area contributed by atoms with Crippen LogP contribution in [0, 0.1) is 5.92 Å². The third-order valence-corrected chi connectivity index (χ3v) is 4.64. The lowest BCUT2D eigenvalue weighted by Crippen LogP contribution is -2.40. The number of likely N-dealkylation sites (tertiary alicyclic amines) is 1. The van der Waals surface area contributed by atoms with Gasteiger partial charge in [-0.1, -0.05) is 6.07 Å². The monoisotopic (exact) mass is 312 g/mol. The highest BCUT2D eigenvalue weighted by Crippen LogP contribution is 2.21. The third-order valence-electron chi connectivity index (χ3n) is 4.64. The Balaban J connectivity index is 1.51. The molecule has 0 aromatic carbocycles. The first kappa shape index (κ1) is 15.7. The molecule has 5 nitrogen and oxygen atoms in total. The first-order chi connectivity index (χ1) is 11.2. The molecule has 122 valence electrons. The maximum Gasteiger partial charge on any atom is 0.222 e. The van der Waals surface area contributed by atoms with Crippen molar-refractivity contribution in [3.63, 3.8) is 0 Å². The van der Waals surface area contributed by atoms with E-state index in [0.717, 1.165) is 38.0 Å². The van der Waals surface area contributed by atoms with E-state index in [1.165, 1.54) is 12.0 Å². The molecule has 3 heterocycles. The number of nitrogens with zero attached hydrogens (tertiary/aromatic N) is 4. The zero-order valence-corrected chi connectivity index (χ0v) is 13.7. The number of rotatable bonds is 5. The molecule has 1 fully saturated rings. The summed E-state index contributed by atoms with van der Waals surface area (Å²) in [6.45, 7) is 1.77. The Morgan fingerprint density at radius 1 is 1.35 bits per heavy atom. The number of pyridine rings is 1. The van der Waals surface area contributed by atoms with E-state index in [1.54, 1.807) is 12.4 Å². The fourth-order valence-electron chi connectivity index (χ4n) is 3.35. The van der Waals surface area contributed by atoms with Crippen LogP contribution in [0.25, 0.3) is 0 Å². The van der Waals surface area contributed by atoms with Gasteiger partial charge >= 0.3 is 0 Å². The van der Waals surface area contributed by atoms with E-state index < -0.39 is 0 Å². The lowest BCUT2D eigenvalue weighted by molar-refractivity contribution is -0.133. The zero-order valence-electron chi connectivity index (χ0n) is 13.7. The second kappa shape index (κ2) is 7.40. The Hall–Kier alpha value is -2.17. The van der Waals surface area contributed by atoms with Crippen molar-refractivity contribution in [2.45, 2.75) is 32.1 Å². The van der Waals surface area contributed by atoms with E-state index in [2.05, 4.69) is 16.1 Å². The van der Waals surface area contributed by atoms with E-state index in [0.29, 0.717) is 12.3 Å². The van der Waals surface area contributed by atoms with Crippen molar-refractivity contribution in [3.8, 4) is 0 Å². The number of carbonyl (C=O) groups is 1. The van der Waals surface area contributed by atoms with Crippen LogP contribution in [-0.4, -0.2) is 38.7 Å². The topological polar surface area (TPSA) is 51.0 Å². The standard InChI is InChI=1S/C18H24N4O/c1-21-17(8-10-20-21)6-7-18(23)22-11-3-5-16(14-22)12-15-4-2-9-19-13-15/h2,4,8-10,13,16H,3,5-7,11-12,14H2,1H3/t16-/m0/s1. The SMILES string of the molecule is Cn1nccc1CCC(=O)N1CCC[C@@H](Cc2cccnc2)C1. The molecule has 1 atom stereocenters. The van der Waals surface area contributed by atoms with Gasteiger partial charge in [-0.2, -0.15) is 5.10 Å². The maximum atomic E-state index is 12.5. The van der Waals surface area contributed by atoms with Crippen LogP contribution < -0.4 is 0 Å². The molecule has 0 N–H and O–H groups in total. The number of piperidine rings is 1. The number of amides is 1. The van der Waals surface area contributed by atoms with Crippen LogP contribution in [0.15, 0.2) is 36.8 Å². The summed E-state index contributed by atoms with van der Waals surface area (Å²) in [5.74, 6) is 0.815. The first-order valence-electron chi connectivity index (χ1n) is 8.36. The lowest BCUT2D eigenvalue weighted by Gasteiger charge is -2.33. The molecule has 5 heteroatoms. The zero-order chi connectivity index (χ0) is 16.1. The average molecular weight is 312 g/mol. The van der Waals surface area contributed by atoms with Gasteiger partial charge in [0.25, 0.3) is 0 Å². The minimum atomic E-state index is 0.266.